The van der Waals surface area contributed by atoms with Gasteiger partial charge in [0, 0.05) is 6.08 Å². The Morgan fingerprint density at radius 2 is 1.97 bits per heavy atom. The van der Waals surface area contributed by atoms with Crippen LogP contribution in [0.25, 0.3) is 6.08 Å². The Kier molecular flexibility index (Phi) is 7.35. The topological polar surface area (TPSA) is 117 Å². The summed E-state index contributed by atoms with van der Waals surface area (Å²) in [5.41, 5.74) is 2.49. The molecule has 1 aliphatic heterocycles. The second-order valence-corrected chi connectivity index (χ2v) is 9.68. The van der Waals surface area contributed by atoms with Crippen LogP contribution >= 0.6 is 11.3 Å². The third-order valence-electron chi connectivity index (χ3n) is 5.88. The number of rotatable bonds is 8. The predicted molar refractivity (Wildman–Crippen MR) is 136 cm³/mol. The van der Waals surface area contributed by atoms with E-state index in [1.54, 1.807) is 6.92 Å². The molecule has 0 saturated carbocycles. The molecule has 0 N–H and O–H groups in total. The minimum atomic E-state index is -0.712. The summed E-state index contributed by atoms with van der Waals surface area (Å²) in [4.78, 5) is 42.3. The van der Waals surface area contributed by atoms with Gasteiger partial charge in [0.15, 0.2) is 4.80 Å². The summed E-state index contributed by atoms with van der Waals surface area (Å²) in [6.45, 7) is 8.13. The molecule has 10 heteroatoms. The van der Waals surface area contributed by atoms with E-state index in [4.69, 9.17) is 14.1 Å². The van der Waals surface area contributed by atoms with Crippen molar-refractivity contribution in [1.82, 2.24) is 4.57 Å². The van der Waals surface area contributed by atoms with E-state index in [9.17, 15) is 19.7 Å². The van der Waals surface area contributed by atoms with Gasteiger partial charge in [0.05, 0.1) is 34.5 Å². The van der Waals surface area contributed by atoms with Crippen LogP contribution in [0.1, 0.15) is 69.4 Å². The second-order valence-electron chi connectivity index (χ2n) is 8.67. The number of furan rings is 1. The van der Waals surface area contributed by atoms with Crippen molar-refractivity contribution in [2.75, 3.05) is 6.61 Å². The van der Waals surface area contributed by atoms with Gasteiger partial charge in [-0.1, -0.05) is 62.8 Å². The number of esters is 1. The fraction of sp³-hybridized carbons (Fsp3) is 0.346. The van der Waals surface area contributed by atoms with Crippen molar-refractivity contribution in [1.29, 1.82) is 0 Å². The molecule has 0 saturated heterocycles. The number of ether oxygens (including phenoxy) is 1. The van der Waals surface area contributed by atoms with Crippen molar-refractivity contribution in [2.45, 2.75) is 52.5 Å². The highest BCUT2D eigenvalue weighted by Gasteiger charge is 2.34. The van der Waals surface area contributed by atoms with Crippen LogP contribution in [-0.2, 0) is 9.53 Å². The predicted octanol–water partition coefficient (Wildman–Crippen LogP) is 4.20. The Bertz CT molecular complexity index is 1510. The first-order chi connectivity index (χ1) is 17.2. The van der Waals surface area contributed by atoms with Gasteiger partial charge in [-0.3, -0.25) is 19.5 Å². The molecule has 0 amide bonds. The van der Waals surface area contributed by atoms with Crippen molar-refractivity contribution in [2.24, 2.45) is 4.99 Å². The van der Waals surface area contributed by atoms with E-state index >= 15 is 0 Å². The van der Waals surface area contributed by atoms with Crippen LogP contribution in [0.5, 0.6) is 0 Å². The smallest absolute Gasteiger partial charge is 0.433 e. The molecule has 2 aromatic heterocycles. The molecule has 4 rings (SSSR count). The lowest BCUT2D eigenvalue weighted by Crippen LogP contribution is -2.40. The normalized spacial score (nSPS) is 15.7. The Hall–Kier alpha value is -3.79. The zero-order valence-electron chi connectivity index (χ0n) is 20.5. The van der Waals surface area contributed by atoms with Gasteiger partial charge in [0.2, 0.25) is 0 Å². The third kappa shape index (κ3) is 4.81. The molecule has 1 aliphatic rings. The number of carbonyl (C=O) groups is 1. The largest absolute Gasteiger partial charge is 0.463 e. The molecule has 1 aromatic carbocycles. The fourth-order valence-corrected chi connectivity index (χ4v) is 5.15. The molecule has 1 atom stereocenters. The summed E-state index contributed by atoms with van der Waals surface area (Å²) < 4.78 is 12.4. The molecule has 0 fully saturated rings. The van der Waals surface area contributed by atoms with Crippen LogP contribution < -0.4 is 14.9 Å². The number of allylic oxidation sites excluding steroid dienone is 1. The molecular formula is C26H27N3O6S. The lowest BCUT2D eigenvalue weighted by Gasteiger charge is -2.26. The summed E-state index contributed by atoms with van der Waals surface area (Å²) in [6.07, 6.45) is 2.76. The van der Waals surface area contributed by atoms with Gasteiger partial charge >= 0.3 is 11.9 Å². The van der Waals surface area contributed by atoms with Crippen LogP contribution in [0.15, 0.2) is 61.9 Å². The van der Waals surface area contributed by atoms with Crippen molar-refractivity contribution in [3.8, 4) is 0 Å². The van der Waals surface area contributed by atoms with E-state index in [1.807, 2.05) is 31.2 Å². The molecular weight excluding hydrogens is 482 g/mol. The molecule has 0 unspecified atom stereocenters. The fourth-order valence-electron chi connectivity index (χ4n) is 4.15. The molecule has 36 heavy (non-hydrogen) atoms. The third-order valence-corrected chi connectivity index (χ3v) is 6.86. The highest BCUT2D eigenvalue weighted by atomic mass is 32.1. The molecule has 188 valence electrons. The molecule has 0 radical (unpaired) electrons. The number of aromatic nitrogens is 1. The van der Waals surface area contributed by atoms with E-state index in [0.717, 1.165) is 28.9 Å². The monoisotopic (exact) mass is 509 g/mol. The van der Waals surface area contributed by atoms with Crippen LogP contribution in [-0.4, -0.2) is 22.1 Å². The number of hydrogen-bond acceptors (Lipinski definition) is 8. The Balaban J connectivity index is 1.95. The van der Waals surface area contributed by atoms with Gasteiger partial charge in [-0.15, -0.1) is 0 Å². The van der Waals surface area contributed by atoms with E-state index in [1.165, 1.54) is 22.8 Å². The maximum Gasteiger partial charge on any atom is 0.433 e. The summed E-state index contributed by atoms with van der Waals surface area (Å²) in [5, 5.41) is 11.0. The van der Waals surface area contributed by atoms with Crippen LogP contribution in [0.4, 0.5) is 5.88 Å². The zero-order valence-corrected chi connectivity index (χ0v) is 21.3. The zero-order chi connectivity index (χ0) is 26.0. The number of hydrogen-bond donors (Lipinski definition) is 0. The van der Waals surface area contributed by atoms with Gasteiger partial charge in [-0.25, -0.2) is 9.79 Å². The Morgan fingerprint density at radius 3 is 2.56 bits per heavy atom. The van der Waals surface area contributed by atoms with Gasteiger partial charge in [-0.05, 0) is 36.5 Å². The van der Waals surface area contributed by atoms with Gasteiger partial charge in [-0.2, -0.15) is 0 Å². The van der Waals surface area contributed by atoms with Gasteiger partial charge < -0.3 is 9.15 Å². The SMILES string of the molecule is CCCC1=C(C(=O)OCC)[C@@H](c2ccc(C(C)C)cc2)n2c(s/c(=C\c3ccc([N+](=O)[O-])o3)c2=O)=N1. The van der Waals surface area contributed by atoms with E-state index < -0.39 is 22.8 Å². The average Bonchev–Trinajstić information content (AvgIpc) is 3.43. The minimum Gasteiger partial charge on any atom is -0.463 e. The maximum atomic E-state index is 13.6. The molecule has 0 bridgehead atoms. The molecule has 0 spiro atoms. The number of benzene rings is 1. The summed E-state index contributed by atoms with van der Waals surface area (Å²) in [7, 11) is 0. The minimum absolute atomic E-state index is 0.184. The first kappa shape index (κ1) is 25.3. The van der Waals surface area contributed by atoms with Crippen LogP contribution in [0.3, 0.4) is 0 Å². The van der Waals surface area contributed by atoms with Crippen LogP contribution in [0.2, 0.25) is 0 Å². The number of carbonyl (C=O) groups excluding carboxylic acids is 1. The summed E-state index contributed by atoms with van der Waals surface area (Å²) in [6, 6.07) is 9.82. The highest BCUT2D eigenvalue weighted by molar-refractivity contribution is 7.07. The molecule has 3 aromatic rings. The molecule has 9 nitrogen and oxygen atoms in total. The Labute approximate surface area is 211 Å². The van der Waals surface area contributed by atoms with E-state index in [-0.39, 0.29) is 17.9 Å². The second kappa shape index (κ2) is 10.4. The van der Waals surface area contributed by atoms with E-state index in [0.29, 0.717) is 32.9 Å². The van der Waals surface area contributed by atoms with E-state index in [2.05, 4.69) is 13.8 Å². The van der Waals surface area contributed by atoms with Gasteiger partial charge in [0.25, 0.3) is 5.56 Å². The average molecular weight is 510 g/mol. The van der Waals surface area contributed by atoms with Gasteiger partial charge in [0.1, 0.15) is 10.7 Å². The van der Waals surface area contributed by atoms with Crippen molar-refractivity contribution >= 4 is 29.3 Å². The number of fused-ring (bicyclic) bond motifs is 1. The Morgan fingerprint density at radius 1 is 1.25 bits per heavy atom. The molecule has 3 heterocycles. The lowest BCUT2D eigenvalue weighted by molar-refractivity contribution is -0.402. The maximum absolute atomic E-state index is 13.6. The number of nitrogens with zero attached hydrogens (tertiary/aromatic N) is 3. The standard InChI is InChI=1S/C26H27N3O6S/c1-5-7-19-22(25(31)34-6-2)23(17-10-8-16(9-11-17)15(3)4)28-24(30)20(36-26(28)27-19)14-18-12-13-21(35-18)29(32)33/h8-15,23H,5-7H2,1-4H3/b20-14-/t23-/m1/s1. The first-order valence-corrected chi connectivity index (χ1v) is 12.6. The quantitative estimate of drug-likeness (QED) is 0.255. The van der Waals surface area contributed by atoms with Crippen molar-refractivity contribution < 1.29 is 18.9 Å². The molecule has 0 aliphatic carbocycles. The first-order valence-electron chi connectivity index (χ1n) is 11.8. The number of thiazole rings is 1. The highest BCUT2D eigenvalue weighted by Crippen LogP contribution is 2.33. The lowest BCUT2D eigenvalue weighted by atomic mass is 9.92. The summed E-state index contributed by atoms with van der Waals surface area (Å²) >= 11 is 1.15. The van der Waals surface area contributed by atoms with Crippen LogP contribution in [0, 0.1) is 10.1 Å². The van der Waals surface area contributed by atoms with Crippen molar-refractivity contribution in [3.05, 3.63) is 94.4 Å². The summed E-state index contributed by atoms with van der Waals surface area (Å²) in [5.74, 6) is -0.400. The number of nitro groups is 1. The van der Waals surface area contributed by atoms with Crippen molar-refractivity contribution in [3.63, 3.8) is 0 Å².